The van der Waals surface area contributed by atoms with Crippen molar-refractivity contribution in [1.29, 1.82) is 0 Å². The average molecular weight is 416 g/mol. The normalized spacial score (nSPS) is 10.5. The Bertz CT molecular complexity index is 852. The second kappa shape index (κ2) is 9.15. The maximum absolute atomic E-state index is 11.9. The summed E-state index contributed by atoms with van der Waals surface area (Å²) in [6, 6.07) is 17.1. The number of benzene rings is 2. The van der Waals surface area contributed by atoms with E-state index in [4.69, 9.17) is 9.26 Å². The third-order valence-electron chi connectivity index (χ3n) is 3.55. The lowest BCUT2D eigenvalue weighted by atomic mass is 10.2. The van der Waals surface area contributed by atoms with Crippen molar-refractivity contribution in [3.8, 4) is 17.1 Å². The van der Waals surface area contributed by atoms with Crippen LogP contribution in [0, 0.1) is 0 Å². The Morgan fingerprint density at radius 1 is 1.15 bits per heavy atom. The van der Waals surface area contributed by atoms with E-state index in [0.29, 0.717) is 31.2 Å². The number of aromatic nitrogens is 2. The van der Waals surface area contributed by atoms with Crippen LogP contribution in [-0.4, -0.2) is 22.7 Å². The number of nitrogens with zero attached hydrogens (tertiary/aromatic N) is 2. The molecule has 0 unspecified atom stereocenters. The zero-order valence-electron chi connectivity index (χ0n) is 14.0. The molecular formula is C19H18BrN3O3. The minimum atomic E-state index is -0.0798. The van der Waals surface area contributed by atoms with Gasteiger partial charge in [0, 0.05) is 16.5 Å². The number of rotatable bonds is 8. The number of carbonyl (C=O) groups excluding carboxylic acids is 1. The number of nitrogens with one attached hydrogen (secondary N) is 1. The highest BCUT2D eigenvalue weighted by Crippen LogP contribution is 2.20. The van der Waals surface area contributed by atoms with Crippen LogP contribution in [0.5, 0.6) is 5.75 Å². The molecule has 1 N–H and O–H groups in total. The van der Waals surface area contributed by atoms with Crippen molar-refractivity contribution < 1.29 is 14.1 Å². The van der Waals surface area contributed by atoms with Crippen LogP contribution in [-0.2, 0) is 11.3 Å². The van der Waals surface area contributed by atoms with Crippen LogP contribution in [0.25, 0.3) is 11.4 Å². The number of halogens is 1. The fraction of sp³-hybridized carbons (Fsp3) is 0.211. The topological polar surface area (TPSA) is 77.2 Å². The lowest BCUT2D eigenvalue weighted by molar-refractivity contribution is -0.121. The minimum absolute atomic E-state index is 0.0798. The largest absolute Gasteiger partial charge is 0.494 e. The van der Waals surface area contributed by atoms with Crippen LogP contribution < -0.4 is 10.1 Å². The number of amides is 1. The summed E-state index contributed by atoms with van der Waals surface area (Å²) in [6.07, 6.45) is 1.01. The predicted octanol–water partition coefficient (Wildman–Crippen LogP) is 3.97. The fourth-order valence-corrected chi connectivity index (χ4v) is 2.67. The van der Waals surface area contributed by atoms with Crippen LogP contribution in [0.4, 0.5) is 0 Å². The highest BCUT2D eigenvalue weighted by molar-refractivity contribution is 9.10. The highest BCUT2D eigenvalue weighted by atomic mass is 79.9. The first kappa shape index (κ1) is 18.1. The van der Waals surface area contributed by atoms with E-state index in [1.807, 2.05) is 54.6 Å². The highest BCUT2D eigenvalue weighted by Gasteiger charge is 2.10. The molecule has 0 aliphatic heterocycles. The third kappa shape index (κ3) is 5.42. The van der Waals surface area contributed by atoms with E-state index < -0.39 is 0 Å². The summed E-state index contributed by atoms with van der Waals surface area (Å²) in [6.45, 7) is 0.699. The van der Waals surface area contributed by atoms with Gasteiger partial charge in [-0.3, -0.25) is 4.79 Å². The van der Waals surface area contributed by atoms with E-state index >= 15 is 0 Å². The van der Waals surface area contributed by atoms with E-state index in [9.17, 15) is 4.79 Å². The number of ether oxygens (including phenoxy) is 1. The Hall–Kier alpha value is -2.67. The van der Waals surface area contributed by atoms with Gasteiger partial charge in [0.15, 0.2) is 0 Å². The molecule has 0 aliphatic carbocycles. The molecule has 0 saturated heterocycles. The zero-order chi connectivity index (χ0) is 18.2. The summed E-state index contributed by atoms with van der Waals surface area (Å²) in [5, 5.41) is 6.71. The SMILES string of the molecule is O=C(CCCOc1ccccc1)NCc1nc(-c2cccc(Br)c2)no1. The van der Waals surface area contributed by atoms with Crippen molar-refractivity contribution >= 4 is 21.8 Å². The fourth-order valence-electron chi connectivity index (χ4n) is 2.27. The van der Waals surface area contributed by atoms with Gasteiger partial charge in [0.2, 0.25) is 17.6 Å². The Balaban J connectivity index is 1.39. The summed E-state index contributed by atoms with van der Waals surface area (Å²) in [4.78, 5) is 16.2. The van der Waals surface area contributed by atoms with Crippen molar-refractivity contribution in [2.75, 3.05) is 6.61 Å². The van der Waals surface area contributed by atoms with Gasteiger partial charge < -0.3 is 14.6 Å². The van der Waals surface area contributed by atoms with E-state index in [-0.39, 0.29) is 12.5 Å². The smallest absolute Gasteiger partial charge is 0.246 e. The van der Waals surface area contributed by atoms with Crippen molar-refractivity contribution in [2.24, 2.45) is 0 Å². The maximum Gasteiger partial charge on any atom is 0.246 e. The molecule has 0 aliphatic rings. The second-order valence-electron chi connectivity index (χ2n) is 5.56. The van der Waals surface area contributed by atoms with Gasteiger partial charge in [-0.05, 0) is 30.7 Å². The van der Waals surface area contributed by atoms with Crippen LogP contribution in [0.1, 0.15) is 18.7 Å². The molecule has 0 bridgehead atoms. The molecule has 3 rings (SSSR count). The maximum atomic E-state index is 11.9. The molecule has 0 radical (unpaired) electrons. The van der Waals surface area contributed by atoms with E-state index in [1.54, 1.807) is 0 Å². The summed E-state index contributed by atoms with van der Waals surface area (Å²) in [5.41, 5.74) is 0.846. The first-order valence-corrected chi connectivity index (χ1v) is 9.03. The molecule has 7 heteroatoms. The Labute approximate surface area is 159 Å². The molecule has 0 atom stereocenters. The predicted molar refractivity (Wildman–Crippen MR) is 100 cm³/mol. The van der Waals surface area contributed by atoms with E-state index in [2.05, 4.69) is 31.4 Å². The quantitative estimate of drug-likeness (QED) is 0.563. The lowest BCUT2D eigenvalue weighted by Gasteiger charge is -2.05. The van der Waals surface area contributed by atoms with Gasteiger partial charge in [0.1, 0.15) is 5.75 Å². The number of hydrogen-bond acceptors (Lipinski definition) is 5. The van der Waals surface area contributed by atoms with Gasteiger partial charge in [-0.2, -0.15) is 4.98 Å². The molecular weight excluding hydrogens is 398 g/mol. The summed E-state index contributed by atoms with van der Waals surface area (Å²) in [5.74, 6) is 1.59. The molecule has 0 fully saturated rings. The Morgan fingerprint density at radius 3 is 2.81 bits per heavy atom. The number of hydrogen-bond donors (Lipinski definition) is 1. The van der Waals surface area contributed by atoms with Gasteiger partial charge in [0.05, 0.1) is 13.2 Å². The average Bonchev–Trinajstić information content (AvgIpc) is 3.14. The van der Waals surface area contributed by atoms with Crippen molar-refractivity contribution in [1.82, 2.24) is 15.5 Å². The first-order valence-electron chi connectivity index (χ1n) is 8.24. The van der Waals surface area contributed by atoms with Gasteiger partial charge in [-0.15, -0.1) is 0 Å². The molecule has 0 saturated carbocycles. The molecule has 0 spiro atoms. The molecule has 3 aromatic rings. The third-order valence-corrected chi connectivity index (χ3v) is 4.04. The molecule has 1 aromatic heterocycles. The van der Waals surface area contributed by atoms with Gasteiger partial charge in [0.25, 0.3) is 0 Å². The van der Waals surface area contributed by atoms with Crippen LogP contribution in [0.15, 0.2) is 63.6 Å². The standard InChI is InChI=1S/C19H18BrN3O3/c20-15-7-4-6-14(12-15)19-22-18(26-23-19)13-21-17(24)10-5-11-25-16-8-2-1-3-9-16/h1-4,6-9,12H,5,10-11,13H2,(H,21,24). The van der Waals surface area contributed by atoms with Crippen LogP contribution in [0.3, 0.4) is 0 Å². The first-order chi connectivity index (χ1) is 12.7. The lowest BCUT2D eigenvalue weighted by Crippen LogP contribution is -2.23. The number of para-hydroxylation sites is 1. The summed E-state index contributed by atoms with van der Waals surface area (Å²) in [7, 11) is 0. The molecule has 1 heterocycles. The Kier molecular flexibility index (Phi) is 6.38. The van der Waals surface area contributed by atoms with E-state index in [0.717, 1.165) is 15.8 Å². The van der Waals surface area contributed by atoms with Gasteiger partial charge >= 0.3 is 0 Å². The summed E-state index contributed by atoms with van der Waals surface area (Å²) >= 11 is 3.41. The molecule has 6 nitrogen and oxygen atoms in total. The van der Waals surface area contributed by atoms with Crippen LogP contribution >= 0.6 is 15.9 Å². The van der Waals surface area contributed by atoms with Gasteiger partial charge in [-0.25, -0.2) is 0 Å². The van der Waals surface area contributed by atoms with E-state index in [1.165, 1.54) is 0 Å². The molecule has 134 valence electrons. The van der Waals surface area contributed by atoms with Crippen molar-refractivity contribution in [2.45, 2.75) is 19.4 Å². The molecule has 2 aromatic carbocycles. The monoisotopic (exact) mass is 415 g/mol. The van der Waals surface area contributed by atoms with Crippen molar-refractivity contribution in [3.05, 3.63) is 65.0 Å². The van der Waals surface area contributed by atoms with Crippen LogP contribution in [0.2, 0.25) is 0 Å². The van der Waals surface area contributed by atoms with Crippen molar-refractivity contribution in [3.63, 3.8) is 0 Å². The minimum Gasteiger partial charge on any atom is -0.494 e. The van der Waals surface area contributed by atoms with Gasteiger partial charge in [-0.1, -0.05) is 51.4 Å². The molecule has 26 heavy (non-hydrogen) atoms. The molecule has 1 amide bonds. The Morgan fingerprint density at radius 2 is 2.00 bits per heavy atom. The zero-order valence-corrected chi connectivity index (χ0v) is 15.6. The summed E-state index contributed by atoms with van der Waals surface area (Å²) < 4.78 is 11.7. The second-order valence-corrected chi connectivity index (χ2v) is 6.48. The number of carbonyl (C=O) groups is 1.